The molecule has 0 aliphatic carbocycles. The molecular weight excluding hydrogens is 378 g/mol. The van der Waals surface area contributed by atoms with Gasteiger partial charge in [-0.25, -0.2) is 0 Å². The Morgan fingerprint density at radius 2 is 1.77 bits per heavy atom. The van der Waals surface area contributed by atoms with Gasteiger partial charge in [0, 0.05) is 35.3 Å². The highest BCUT2D eigenvalue weighted by molar-refractivity contribution is 5.98. The molecule has 1 fully saturated rings. The maximum absolute atomic E-state index is 13.0. The minimum atomic E-state index is 0.0882. The molecular formula is C24H34N3O3+. The first-order chi connectivity index (χ1) is 14.3. The topological polar surface area (TPSA) is 56.0 Å². The average Bonchev–Trinajstić information content (AvgIpc) is 3.03. The normalized spacial score (nSPS) is 16.0. The third kappa shape index (κ3) is 4.82. The molecule has 30 heavy (non-hydrogen) atoms. The number of aromatic nitrogens is 1. The third-order valence-corrected chi connectivity index (χ3v) is 6.15. The Kier molecular flexibility index (Phi) is 7.10. The SMILES string of the molecule is COC[C@H](C)n1c(C)cc(C(=O)C[NH+]2CCN(c3ccc(C(C)=O)cc3)CC2)c1C. The van der Waals surface area contributed by atoms with Crippen LogP contribution in [-0.2, 0) is 4.74 Å². The van der Waals surface area contributed by atoms with Gasteiger partial charge in [0.1, 0.15) is 6.54 Å². The summed E-state index contributed by atoms with van der Waals surface area (Å²) >= 11 is 0. The summed E-state index contributed by atoms with van der Waals surface area (Å²) in [6.07, 6.45) is 0. The van der Waals surface area contributed by atoms with Crippen molar-refractivity contribution in [2.75, 3.05) is 51.3 Å². The molecule has 6 nitrogen and oxygen atoms in total. The van der Waals surface area contributed by atoms with Crippen LogP contribution < -0.4 is 9.80 Å². The number of piperazine rings is 1. The number of aryl methyl sites for hydroxylation is 1. The van der Waals surface area contributed by atoms with Gasteiger partial charge >= 0.3 is 0 Å². The van der Waals surface area contributed by atoms with Crippen LogP contribution in [0.4, 0.5) is 5.69 Å². The fourth-order valence-corrected chi connectivity index (χ4v) is 4.54. The van der Waals surface area contributed by atoms with E-state index in [1.165, 1.54) is 4.90 Å². The van der Waals surface area contributed by atoms with Gasteiger partial charge in [-0.15, -0.1) is 0 Å². The monoisotopic (exact) mass is 412 g/mol. The molecule has 1 aliphatic heterocycles. The van der Waals surface area contributed by atoms with Crippen molar-refractivity contribution in [1.29, 1.82) is 0 Å². The van der Waals surface area contributed by atoms with Gasteiger partial charge in [-0.3, -0.25) is 9.59 Å². The molecule has 1 aromatic carbocycles. The smallest absolute Gasteiger partial charge is 0.218 e. The second kappa shape index (κ2) is 9.58. The van der Waals surface area contributed by atoms with Crippen LogP contribution in [0.1, 0.15) is 52.0 Å². The van der Waals surface area contributed by atoms with Crippen molar-refractivity contribution in [1.82, 2.24) is 4.57 Å². The molecule has 0 amide bonds. The molecule has 3 rings (SSSR count). The van der Waals surface area contributed by atoms with Crippen molar-refractivity contribution >= 4 is 17.3 Å². The van der Waals surface area contributed by atoms with Crippen LogP contribution in [0.25, 0.3) is 0 Å². The summed E-state index contributed by atoms with van der Waals surface area (Å²) < 4.78 is 7.50. The van der Waals surface area contributed by atoms with Gasteiger partial charge in [-0.1, -0.05) is 0 Å². The summed E-state index contributed by atoms with van der Waals surface area (Å²) in [5.41, 5.74) is 4.86. The molecule has 6 heteroatoms. The van der Waals surface area contributed by atoms with E-state index in [2.05, 4.69) is 23.3 Å². The summed E-state index contributed by atoms with van der Waals surface area (Å²) in [6.45, 7) is 12.6. The number of hydrogen-bond acceptors (Lipinski definition) is 4. The van der Waals surface area contributed by atoms with Gasteiger partial charge in [0.2, 0.25) is 5.78 Å². The second-order valence-electron chi connectivity index (χ2n) is 8.40. The quantitative estimate of drug-likeness (QED) is 0.675. The Hall–Kier alpha value is -2.44. The van der Waals surface area contributed by atoms with Crippen molar-refractivity contribution in [2.45, 2.75) is 33.7 Å². The number of nitrogens with zero attached hydrogens (tertiary/aromatic N) is 2. The van der Waals surface area contributed by atoms with E-state index in [1.54, 1.807) is 14.0 Å². The Morgan fingerprint density at radius 3 is 2.33 bits per heavy atom. The predicted octanol–water partition coefficient (Wildman–Crippen LogP) is 2.10. The second-order valence-corrected chi connectivity index (χ2v) is 8.40. The Labute approximate surface area is 179 Å². The summed E-state index contributed by atoms with van der Waals surface area (Å²) in [5.74, 6) is 0.304. The number of quaternary nitrogens is 1. The zero-order chi connectivity index (χ0) is 21.8. The molecule has 2 heterocycles. The van der Waals surface area contributed by atoms with E-state index in [0.29, 0.717) is 13.2 Å². The minimum Gasteiger partial charge on any atom is -0.383 e. The fraction of sp³-hybridized carbons (Fsp3) is 0.500. The first kappa shape index (κ1) is 22.2. The van der Waals surface area contributed by atoms with Gasteiger partial charge in [0.05, 0.1) is 38.8 Å². The van der Waals surface area contributed by atoms with Crippen molar-refractivity contribution in [3.05, 3.63) is 52.8 Å². The Bertz CT molecular complexity index is 893. The lowest BCUT2D eigenvalue weighted by atomic mass is 10.1. The van der Waals surface area contributed by atoms with Crippen LogP contribution >= 0.6 is 0 Å². The lowest BCUT2D eigenvalue weighted by Crippen LogP contribution is -3.15. The number of carbonyl (C=O) groups excluding carboxylic acids is 2. The number of anilines is 1. The molecule has 0 unspecified atom stereocenters. The number of Topliss-reactive ketones (excluding diaryl/α,β-unsaturated/α-hetero) is 2. The predicted molar refractivity (Wildman–Crippen MR) is 119 cm³/mol. The van der Waals surface area contributed by atoms with Crippen LogP contribution in [-0.4, -0.2) is 62.6 Å². The van der Waals surface area contributed by atoms with E-state index in [1.807, 2.05) is 37.3 Å². The lowest BCUT2D eigenvalue weighted by Gasteiger charge is -2.33. The number of hydrogen-bond donors (Lipinski definition) is 1. The van der Waals surface area contributed by atoms with Gasteiger partial charge in [-0.2, -0.15) is 0 Å². The number of ether oxygens (including phenoxy) is 1. The van der Waals surface area contributed by atoms with E-state index in [4.69, 9.17) is 4.74 Å². The molecule has 2 aromatic rings. The largest absolute Gasteiger partial charge is 0.383 e. The van der Waals surface area contributed by atoms with E-state index >= 15 is 0 Å². The van der Waals surface area contributed by atoms with Gasteiger partial charge in [-0.05, 0) is 58.0 Å². The highest BCUT2D eigenvalue weighted by Gasteiger charge is 2.25. The van der Waals surface area contributed by atoms with E-state index in [-0.39, 0.29) is 17.6 Å². The molecule has 1 saturated heterocycles. The molecule has 1 aromatic heterocycles. The molecule has 0 spiro atoms. The Balaban J connectivity index is 1.59. The summed E-state index contributed by atoms with van der Waals surface area (Å²) in [6, 6.07) is 10.0. The van der Waals surface area contributed by atoms with Crippen molar-refractivity contribution < 1.29 is 19.2 Å². The molecule has 0 bridgehead atoms. The zero-order valence-electron chi connectivity index (χ0n) is 18.8. The number of ketones is 2. The summed E-state index contributed by atoms with van der Waals surface area (Å²) in [5, 5.41) is 0. The maximum atomic E-state index is 13.0. The van der Waals surface area contributed by atoms with Crippen molar-refractivity contribution in [2.24, 2.45) is 0 Å². The number of benzene rings is 1. The van der Waals surface area contributed by atoms with Crippen molar-refractivity contribution in [3.63, 3.8) is 0 Å². The van der Waals surface area contributed by atoms with Crippen LogP contribution in [0.15, 0.2) is 30.3 Å². The Morgan fingerprint density at radius 1 is 1.13 bits per heavy atom. The van der Waals surface area contributed by atoms with Crippen LogP contribution in [0.2, 0.25) is 0 Å². The van der Waals surface area contributed by atoms with Crippen LogP contribution in [0.5, 0.6) is 0 Å². The number of carbonyl (C=O) groups is 2. The zero-order valence-corrected chi connectivity index (χ0v) is 18.8. The average molecular weight is 413 g/mol. The highest BCUT2D eigenvalue weighted by atomic mass is 16.5. The summed E-state index contributed by atoms with van der Waals surface area (Å²) in [4.78, 5) is 28.1. The fourth-order valence-electron chi connectivity index (χ4n) is 4.54. The first-order valence-electron chi connectivity index (χ1n) is 10.7. The molecule has 162 valence electrons. The van der Waals surface area contributed by atoms with Crippen LogP contribution in [0, 0.1) is 13.8 Å². The summed E-state index contributed by atoms with van der Waals surface area (Å²) in [7, 11) is 1.71. The van der Waals surface area contributed by atoms with E-state index in [0.717, 1.165) is 54.4 Å². The number of nitrogens with one attached hydrogen (secondary N) is 1. The maximum Gasteiger partial charge on any atom is 0.218 e. The number of rotatable bonds is 8. The molecule has 1 atom stereocenters. The van der Waals surface area contributed by atoms with Gasteiger partial charge in [0.15, 0.2) is 5.78 Å². The minimum absolute atomic E-state index is 0.0882. The van der Waals surface area contributed by atoms with Crippen LogP contribution in [0.3, 0.4) is 0 Å². The molecule has 0 saturated carbocycles. The van der Waals surface area contributed by atoms with E-state index in [9.17, 15) is 9.59 Å². The molecule has 0 radical (unpaired) electrons. The van der Waals surface area contributed by atoms with Gasteiger partial charge in [0.25, 0.3) is 0 Å². The van der Waals surface area contributed by atoms with Gasteiger partial charge < -0.3 is 19.1 Å². The third-order valence-electron chi connectivity index (χ3n) is 6.15. The molecule has 1 N–H and O–H groups in total. The molecule has 1 aliphatic rings. The first-order valence-corrected chi connectivity index (χ1v) is 10.7. The lowest BCUT2D eigenvalue weighted by molar-refractivity contribution is -0.892. The van der Waals surface area contributed by atoms with Crippen molar-refractivity contribution in [3.8, 4) is 0 Å². The standard InChI is InChI=1S/C24H33N3O3/c1-17-14-23(19(3)27(17)18(2)16-30-5)24(29)15-25-10-12-26(13-11-25)22-8-6-21(7-9-22)20(4)28/h6-9,14,18H,10-13,15-16H2,1-5H3/p+1/t18-/m0/s1. The van der Waals surface area contributed by atoms with E-state index < -0.39 is 0 Å². The number of methoxy groups -OCH3 is 1. The highest BCUT2D eigenvalue weighted by Crippen LogP contribution is 2.21.